The van der Waals surface area contributed by atoms with Gasteiger partial charge in [-0.05, 0) is 25.9 Å². The van der Waals surface area contributed by atoms with Gasteiger partial charge in [0.25, 0.3) is 0 Å². The predicted molar refractivity (Wildman–Crippen MR) is 75.7 cm³/mol. The fourth-order valence-electron chi connectivity index (χ4n) is 2.52. The molecule has 1 aromatic heterocycles. The van der Waals surface area contributed by atoms with E-state index in [-0.39, 0.29) is 5.78 Å². The van der Waals surface area contributed by atoms with Gasteiger partial charge >= 0.3 is 0 Å². The molecular weight excluding hydrogens is 246 g/mol. The van der Waals surface area contributed by atoms with Crippen LogP contribution in [0.4, 0.5) is 5.13 Å². The normalized spacial score (nSPS) is 20.3. The highest BCUT2D eigenvalue weighted by molar-refractivity contribution is 7.17. The molecule has 0 amide bonds. The van der Waals surface area contributed by atoms with Crippen molar-refractivity contribution in [2.24, 2.45) is 0 Å². The van der Waals surface area contributed by atoms with E-state index in [1.54, 1.807) is 13.1 Å². The molecule has 1 aliphatic heterocycles. The molecule has 1 aliphatic rings. The van der Waals surface area contributed by atoms with E-state index < -0.39 is 0 Å². The molecule has 2 rings (SSSR count). The van der Waals surface area contributed by atoms with Crippen LogP contribution in [-0.2, 0) is 0 Å². The molecule has 0 bridgehead atoms. The molecule has 2 heterocycles. The quantitative estimate of drug-likeness (QED) is 0.767. The summed E-state index contributed by atoms with van der Waals surface area (Å²) in [5.74, 6) is 0.100. The number of anilines is 1. The number of Topliss-reactive ketones (excluding diaryl/α,β-unsaturated/α-hetero) is 1. The molecule has 0 spiro atoms. The summed E-state index contributed by atoms with van der Waals surface area (Å²) in [4.78, 5) is 21.0. The molecule has 1 saturated heterocycles. The molecule has 1 aromatic rings. The summed E-state index contributed by atoms with van der Waals surface area (Å²) < 4.78 is 0. The zero-order chi connectivity index (χ0) is 13.1. The first kappa shape index (κ1) is 13.5. The first-order valence-electron chi connectivity index (χ1n) is 6.53. The highest BCUT2D eigenvalue weighted by atomic mass is 32.1. The van der Waals surface area contributed by atoms with Crippen molar-refractivity contribution in [3.05, 3.63) is 11.1 Å². The number of nitrogens with zero attached hydrogens (tertiary/aromatic N) is 3. The van der Waals surface area contributed by atoms with Crippen molar-refractivity contribution in [2.75, 3.05) is 31.6 Å². The van der Waals surface area contributed by atoms with Gasteiger partial charge in [-0.3, -0.25) is 9.69 Å². The number of hydrogen-bond donors (Lipinski definition) is 0. The van der Waals surface area contributed by atoms with Crippen molar-refractivity contribution in [1.82, 2.24) is 9.88 Å². The Morgan fingerprint density at radius 3 is 3.06 bits per heavy atom. The van der Waals surface area contributed by atoms with Gasteiger partial charge in [0.1, 0.15) is 0 Å². The minimum absolute atomic E-state index is 0.100. The lowest BCUT2D eigenvalue weighted by atomic mass is 10.2. The fraction of sp³-hybridized carbons (Fsp3) is 0.692. The van der Waals surface area contributed by atoms with Crippen molar-refractivity contribution in [2.45, 2.75) is 32.7 Å². The third-order valence-corrected chi connectivity index (χ3v) is 4.77. The summed E-state index contributed by atoms with van der Waals surface area (Å²) in [7, 11) is 2.06. The van der Waals surface area contributed by atoms with Gasteiger partial charge in [-0.2, -0.15) is 0 Å². The number of carbonyl (C=O) groups is 1. The van der Waals surface area contributed by atoms with E-state index in [0.717, 1.165) is 23.1 Å². The van der Waals surface area contributed by atoms with Gasteiger partial charge in [-0.25, -0.2) is 4.98 Å². The summed E-state index contributed by atoms with van der Waals surface area (Å²) in [5.41, 5.74) is 0. The molecule has 1 unspecified atom stereocenters. The average Bonchev–Trinajstić information content (AvgIpc) is 2.96. The van der Waals surface area contributed by atoms with Crippen molar-refractivity contribution in [1.29, 1.82) is 0 Å². The minimum atomic E-state index is 0.100. The van der Waals surface area contributed by atoms with Gasteiger partial charge in [-0.15, -0.1) is 0 Å². The number of likely N-dealkylation sites (tertiary alicyclic amines) is 1. The summed E-state index contributed by atoms with van der Waals surface area (Å²) in [6.45, 7) is 7.14. The van der Waals surface area contributed by atoms with E-state index in [1.807, 2.05) is 0 Å². The number of likely N-dealkylation sites (N-methyl/N-ethyl adjacent to an activating group) is 2. The van der Waals surface area contributed by atoms with Crippen LogP contribution in [0, 0.1) is 0 Å². The number of carbonyl (C=O) groups excluding carboxylic acids is 1. The smallest absolute Gasteiger partial charge is 0.185 e. The Balaban J connectivity index is 1.98. The Labute approximate surface area is 113 Å². The first-order chi connectivity index (χ1) is 8.61. The Hall–Kier alpha value is -0.940. The van der Waals surface area contributed by atoms with Crippen LogP contribution in [0.1, 0.15) is 36.4 Å². The minimum Gasteiger partial charge on any atom is -0.350 e. The maximum absolute atomic E-state index is 11.3. The van der Waals surface area contributed by atoms with Crippen LogP contribution >= 0.6 is 11.3 Å². The van der Waals surface area contributed by atoms with E-state index in [0.29, 0.717) is 6.04 Å². The van der Waals surface area contributed by atoms with Gasteiger partial charge in [0.2, 0.25) is 0 Å². The number of ketones is 1. The average molecular weight is 267 g/mol. The summed E-state index contributed by atoms with van der Waals surface area (Å²) >= 11 is 1.49. The fourth-order valence-corrected chi connectivity index (χ4v) is 3.30. The molecule has 1 fully saturated rings. The molecule has 0 saturated carbocycles. The Morgan fingerprint density at radius 1 is 1.67 bits per heavy atom. The summed E-state index contributed by atoms with van der Waals surface area (Å²) in [5, 5.41) is 0.947. The van der Waals surface area contributed by atoms with E-state index in [4.69, 9.17) is 0 Å². The molecule has 100 valence electrons. The van der Waals surface area contributed by atoms with Crippen LogP contribution in [0.5, 0.6) is 0 Å². The number of aromatic nitrogens is 1. The summed E-state index contributed by atoms with van der Waals surface area (Å²) in [6.07, 6.45) is 4.25. The van der Waals surface area contributed by atoms with Crippen LogP contribution in [0.15, 0.2) is 6.20 Å². The molecule has 0 N–H and O–H groups in total. The zero-order valence-corrected chi connectivity index (χ0v) is 12.2. The van der Waals surface area contributed by atoms with E-state index in [2.05, 4.69) is 28.8 Å². The van der Waals surface area contributed by atoms with Gasteiger partial charge < -0.3 is 4.90 Å². The topological polar surface area (TPSA) is 36.4 Å². The molecule has 0 aromatic carbocycles. The lowest BCUT2D eigenvalue weighted by Gasteiger charge is -2.27. The number of hydrogen-bond acceptors (Lipinski definition) is 5. The number of thiazole rings is 1. The third-order valence-electron chi connectivity index (χ3n) is 3.56. The van der Waals surface area contributed by atoms with Crippen LogP contribution in [0.25, 0.3) is 0 Å². The standard InChI is InChI=1S/C13H21N3OS/c1-4-16-7-5-6-11(16)9-15(3)13-14-8-12(18-13)10(2)17/h8,11H,4-7,9H2,1-3H3. The van der Waals surface area contributed by atoms with Crippen LogP contribution in [0.2, 0.25) is 0 Å². The molecule has 0 aliphatic carbocycles. The molecule has 18 heavy (non-hydrogen) atoms. The molecule has 0 radical (unpaired) electrons. The Kier molecular flexibility index (Phi) is 4.35. The second-order valence-corrected chi connectivity index (χ2v) is 5.88. The van der Waals surface area contributed by atoms with E-state index in [9.17, 15) is 4.79 Å². The van der Waals surface area contributed by atoms with Gasteiger partial charge in [0.15, 0.2) is 10.9 Å². The first-order valence-corrected chi connectivity index (χ1v) is 7.35. The van der Waals surface area contributed by atoms with Crippen molar-refractivity contribution in [3.8, 4) is 0 Å². The highest BCUT2D eigenvalue weighted by Crippen LogP contribution is 2.24. The highest BCUT2D eigenvalue weighted by Gasteiger charge is 2.24. The number of rotatable bonds is 5. The Morgan fingerprint density at radius 2 is 2.44 bits per heavy atom. The van der Waals surface area contributed by atoms with Crippen LogP contribution in [-0.4, -0.2) is 48.4 Å². The summed E-state index contributed by atoms with van der Waals surface area (Å²) in [6, 6.07) is 0.629. The monoisotopic (exact) mass is 267 g/mol. The molecular formula is C13H21N3OS. The lowest BCUT2D eigenvalue weighted by molar-refractivity contribution is 0.102. The zero-order valence-electron chi connectivity index (χ0n) is 11.3. The van der Waals surface area contributed by atoms with E-state index in [1.165, 1.54) is 30.7 Å². The van der Waals surface area contributed by atoms with Crippen LogP contribution in [0.3, 0.4) is 0 Å². The van der Waals surface area contributed by atoms with Gasteiger partial charge in [0.05, 0.1) is 11.1 Å². The lowest BCUT2D eigenvalue weighted by Crippen LogP contribution is -2.38. The van der Waals surface area contributed by atoms with Crippen LogP contribution < -0.4 is 4.90 Å². The van der Waals surface area contributed by atoms with Gasteiger partial charge in [0, 0.05) is 26.6 Å². The second kappa shape index (κ2) is 5.80. The largest absolute Gasteiger partial charge is 0.350 e. The maximum Gasteiger partial charge on any atom is 0.185 e. The van der Waals surface area contributed by atoms with Crippen molar-refractivity contribution < 1.29 is 4.79 Å². The molecule has 5 heteroatoms. The molecule has 1 atom stereocenters. The van der Waals surface area contributed by atoms with Crippen molar-refractivity contribution >= 4 is 22.3 Å². The SMILES string of the molecule is CCN1CCCC1CN(C)c1ncc(C(C)=O)s1. The van der Waals surface area contributed by atoms with Crippen molar-refractivity contribution in [3.63, 3.8) is 0 Å². The van der Waals surface area contributed by atoms with Gasteiger partial charge in [-0.1, -0.05) is 18.3 Å². The second-order valence-electron chi connectivity index (χ2n) is 4.87. The maximum atomic E-state index is 11.3. The Bertz CT molecular complexity index is 418. The predicted octanol–water partition coefficient (Wildman–Crippen LogP) is 2.27. The molecule has 4 nitrogen and oxygen atoms in total. The third kappa shape index (κ3) is 2.90. The van der Waals surface area contributed by atoms with E-state index >= 15 is 0 Å².